The Kier molecular flexibility index (Phi) is 7.22. The second-order valence-corrected chi connectivity index (χ2v) is 6.65. The first-order chi connectivity index (χ1) is 13.0. The van der Waals surface area contributed by atoms with Crippen molar-refractivity contribution in [1.82, 2.24) is 0 Å². The normalized spacial score (nSPS) is 13.0. The molecule has 0 amide bonds. The molecule has 0 atom stereocenters. The lowest BCUT2D eigenvalue weighted by Gasteiger charge is -2.28. The van der Waals surface area contributed by atoms with Gasteiger partial charge < -0.3 is 20.4 Å². The van der Waals surface area contributed by atoms with Crippen molar-refractivity contribution in [3.8, 4) is 0 Å². The van der Waals surface area contributed by atoms with Crippen LogP contribution < -0.4 is 0 Å². The van der Waals surface area contributed by atoms with Crippen LogP contribution in [0.4, 0.5) is 0 Å². The zero-order valence-corrected chi connectivity index (χ0v) is 15.9. The Labute approximate surface area is 160 Å². The summed E-state index contributed by atoms with van der Waals surface area (Å²) in [7, 11) is 0. The molecule has 0 aliphatic rings. The largest absolute Gasteiger partial charge is 0.511 e. The maximum absolute atomic E-state index is 10.6. The zero-order chi connectivity index (χ0) is 19.9. The minimum absolute atomic E-state index is 0.296. The Morgan fingerprint density at radius 2 is 1.04 bits per heavy atom. The molecule has 2 aromatic carbocycles. The first-order valence-electron chi connectivity index (χ1n) is 9.21. The van der Waals surface area contributed by atoms with Gasteiger partial charge in [-0.15, -0.1) is 0 Å². The summed E-state index contributed by atoms with van der Waals surface area (Å²) in [4.78, 5) is 0. The summed E-state index contributed by atoms with van der Waals surface area (Å²) in [5.41, 5.74) is 2.11. The molecule has 4 N–H and O–H groups in total. The van der Waals surface area contributed by atoms with Crippen molar-refractivity contribution in [2.45, 2.75) is 26.7 Å². The summed E-state index contributed by atoms with van der Waals surface area (Å²) in [5, 5.41) is 41.0. The van der Waals surface area contributed by atoms with Crippen molar-refractivity contribution in [2.75, 3.05) is 13.2 Å². The van der Waals surface area contributed by atoms with E-state index >= 15 is 0 Å². The summed E-state index contributed by atoms with van der Waals surface area (Å²) >= 11 is 0. The molecule has 0 heterocycles. The summed E-state index contributed by atoms with van der Waals surface area (Å²) in [6.07, 6.45) is 4.73. The first-order valence-corrected chi connectivity index (χ1v) is 9.21. The van der Waals surface area contributed by atoms with Gasteiger partial charge in [-0.3, -0.25) is 0 Å². The Morgan fingerprint density at radius 3 is 1.30 bits per heavy atom. The molecule has 0 fully saturated rings. The Bertz CT molecular complexity index is 717. The zero-order valence-electron chi connectivity index (χ0n) is 15.9. The second-order valence-electron chi connectivity index (χ2n) is 6.65. The highest BCUT2D eigenvalue weighted by molar-refractivity contribution is 5.58. The molecule has 0 spiro atoms. The van der Waals surface area contributed by atoms with Gasteiger partial charge in [0.1, 0.15) is 16.9 Å². The van der Waals surface area contributed by atoms with Crippen LogP contribution in [0.1, 0.15) is 36.1 Å². The van der Waals surface area contributed by atoms with Crippen molar-refractivity contribution in [3.05, 3.63) is 82.3 Å². The number of rotatable bonds is 8. The molecule has 0 bridgehead atoms. The van der Waals surface area contributed by atoms with Crippen LogP contribution >= 0.6 is 0 Å². The summed E-state index contributed by atoms with van der Waals surface area (Å²) in [6.45, 7) is 2.85. The Morgan fingerprint density at radius 1 is 0.704 bits per heavy atom. The molecule has 2 rings (SSSR count). The predicted octanol–water partition coefficient (Wildman–Crippen LogP) is 4.28. The smallest absolute Gasteiger partial charge is 0.130 e. The van der Waals surface area contributed by atoms with Gasteiger partial charge in [-0.1, -0.05) is 62.4 Å². The fourth-order valence-electron chi connectivity index (χ4n) is 2.80. The standard InChI is InChI=1S/C23H28O4/c1-3-17-5-9-19(10-6-17)13-21(26)23(15-24,16-25)22(27)14-20-11-7-18(4-2)8-12-20/h5-14,24-27H,3-4,15-16H2,1-2H3. The van der Waals surface area contributed by atoms with Crippen molar-refractivity contribution in [2.24, 2.45) is 5.41 Å². The van der Waals surface area contributed by atoms with E-state index in [1.165, 1.54) is 23.3 Å². The molecular weight excluding hydrogens is 340 g/mol. The monoisotopic (exact) mass is 368 g/mol. The fourth-order valence-corrected chi connectivity index (χ4v) is 2.80. The van der Waals surface area contributed by atoms with E-state index in [9.17, 15) is 20.4 Å². The number of aliphatic hydroxyl groups excluding tert-OH is 4. The van der Waals surface area contributed by atoms with Crippen LogP contribution in [0, 0.1) is 5.41 Å². The van der Waals surface area contributed by atoms with Crippen LogP contribution in [0.15, 0.2) is 60.0 Å². The van der Waals surface area contributed by atoms with E-state index in [0.717, 1.165) is 24.0 Å². The third kappa shape index (κ3) is 4.79. The van der Waals surface area contributed by atoms with Crippen LogP contribution in [0.25, 0.3) is 12.2 Å². The van der Waals surface area contributed by atoms with Gasteiger partial charge in [0.15, 0.2) is 0 Å². The lowest BCUT2D eigenvalue weighted by atomic mass is 9.83. The Hall–Kier alpha value is -2.56. The molecule has 0 aliphatic carbocycles. The highest BCUT2D eigenvalue weighted by Crippen LogP contribution is 2.34. The molecule has 0 saturated heterocycles. The average molecular weight is 368 g/mol. The highest BCUT2D eigenvalue weighted by Gasteiger charge is 2.38. The summed E-state index contributed by atoms with van der Waals surface area (Å²) < 4.78 is 0. The number of hydrogen-bond donors (Lipinski definition) is 4. The topological polar surface area (TPSA) is 80.9 Å². The molecule has 0 saturated carbocycles. The SMILES string of the molecule is CCc1ccc(C=C(O)C(CO)(CO)C(O)=Cc2ccc(CC)cc2)cc1. The fraction of sp³-hybridized carbons (Fsp3) is 0.304. The lowest BCUT2D eigenvalue weighted by molar-refractivity contribution is 0.0487. The van der Waals surface area contributed by atoms with Crippen LogP contribution in [0.3, 0.4) is 0 Å². The van der Waals surface area contributed by atoms with Gasteiger partial charge in [0.25, 0.3) is 0 Å². The van der Waals surface area contributed by atoms with E-state index in [0.29, 0.717) is 0 Å². The maximum atomic E-state index is 10.6. The average Bonchev–Trinajstić information content (AvgIpc) is 2.70. The molecular formula is C23H28O4. The minimum atomic E-state index is -1.66. The molecule has 144 valence electrons. The summed E-state index contributed by atoms with van der Waals surface area (Å²) in [5.74, 6) is -0.591. The highest BCUT2D eigenvalue weighted by atomic mass is 16.3. The number of aliphatic hydroxyl groups is 4. The van der Waals surface area contributed by atoms with Crippen molar-refractivity contribution < 1.29 is 20.4 Å². The lowest BCUT2D eigenvalue weighted by Crippen LogP contribution is -2.34. The molecule has 0 aliphatic heterocycles. The van der Waals surface area contributed by atoms with Gasteiger partial charge in [-0.25, -0.2) is 0 Å². The van der Waals surface area contributed by atoms with Crippen molar-refractivity contribution in [3.63, 3.8) is 0 Å². The van der Waals surface area contributed by atoms with E-state index in [-0.39, 0.29) is 11.5 Å². The molecule has 0 radical (unpaired) electrons. The van der Waals surface area contributed by atoms with Crippen LogP contribution in [-0.4, -0.2) is 33.6 Å². The minimum Gasteiger partial charge on any atom is -0.511 e. The van der Waals surface area contributed by atoms with E-state index < -0.39 is 18.6 Å². The van der Waals surface area contributed by atoms with Crippen molar-refractivity contribution >= 4 is 12.2 Å². The Balaban J connectivity index is 2.37. The molecule has 0 unspecified atom stereocenters. The molecule has 4 heteroatoms. The molecule has 4 nitrogen and oxygen atoms in total. The van der Waals surface area contributed by atoms with Gasteiger partial charge in [-0.2, -0.15) is 0 Å². The first kappa shape index (κ1) is 20.7. The van der Waals surface area contributed by atoms with Gasteiger partial charge in [0.2, 0.25) is 0 Å². The van der Waals surface area contributed by atoms with E-state index in [2.05, 4.69) is 13.8 Å². The van der Waals surface area contributed by atoms with Gasteiger partial charge in [-0.05, 0) is 47.2 Å². The summed E-state index contributed by atoms with van der Waals surface area (Å²) in [6, 6.07) is 15.2. The molecule has 2 aromatic rings. The van der Waals surface area contributed by atoms with E-state index in [1.54, 1.807) is 0 Å². The van der Waals surface area contributed by atoms with E-state index in [4.69, 9.17) is 0 Å². The van der Waals surface area contributed by atoms with Crippen LogP contribution in [0.5, 0.6) is 0 Å². The number of aryl methyl sites for hydroxylation is 2. The quantitative estimate of drug-likeness (QED) is 0.524. The van der Waals surface area contributed by atoms with Crippen LogP contribution in [0.2, 0.25) is 0 Å². The van der Waals surface area contributed by atoms with Gasteiger partial charge in [0.05, 0.1) is 13.2 Å². The molecule has 0 aromatic heterocycles. The van der Waals surface area contributed by atoms with Crippen LogP contribution in [-0.2, 0) is 12.8 Å². The molecule has 27 heavy (non-hydrogen) atoms. The third-order valence-electron chi connectivity index (χ3n) is 4.90. The van der Waals surface area contributed by atoms with Gasteiger partial charge in [0, 0.05) is 0 Å². The van der Waals surface area contributed by atoms with Crippen molar-refractivity contribution in [1.29, 1.82) is 0 Å². The van der Waals surface area contributed by atoms with E-state index in [1.807, 2.05) is 48.5 Å². The third-order valence-corrected chi connectivity index (χ3v) is 4.90. The number of hydrogen-bond acceptors (Lipinski definition) is 4. The predicted molar refractivity (Wildman–Crippen MR) is 109 cm³/mol. The number of benzene rings is 2. The second kappa shape index (κ2) is 9.40. The van der Waals surface area contributed by atoms with Gasteiger partial charge >= 0.3 is 0 Å². The maximum Gasteiger partial charge on any atom is 0.130 e.